The number of hydrogen-bond donors (Lipinski definition) is 1. The molecule has 8 heteroatoms. The van der Waals surface area contributed by atoms with Crippen LogP contribution in [0.4, 0.5) is 10.7 Å². The van der Waals surface area contributed by atoms with Crippen molar-refractivity contribution < 1.29 is 9.53 Å². The van der Waals surface area contributed by atoms with E-state index in [4.69, 9.17) is 9.73 Å². The van der Waals surface area contributed by atoms with Gasteiger partial charge >= 0.3 is 0 Å². The highest BCUT2D eigenvalue weighted by Gasteiger charge is 2.25. The van der Waals surface area contributed by atoms with Crippen LogP contribution in [0, 0.1) is 0 Å². The summed E-state index contributed by atoms with van der Waals surface area (Å²) in [7, 11) is 0. The van der Waals surface area contributed by atoms with Crippen molar-refractivity contribution in [2.24, 2.45) is 4.99 Å². The standard InChI is InChI=1S/C29H23Br3N2O2S/c30-20-12-10-18(11-13-20)17-36-27-23(31)14-19(15-24(27)32)16-33-29-26(22-8-4-5-9-25(22)37-29)28(35)34-21-6-2-1-3-7-21/h1-3,6-7,10-16H,4-5,8-9,17H2,(H,34,35). The molecule has 1 N–H and O–H groups in total. The first-order chi connectivity index (χ1) is 18.0. The van der Waals surface area contributed by atoms with E-state index in [0.717, 1.165) is 72.2 Å². The Morgan fingerprint density at radius 1 is 0.973 bits per heavy atom. The Morgan fingerprint density at radius 2 is 1.68 bits per heavy atom. The Labute approximate surface area is 245 Å². The van der Waals surface area contributed by atoms with Crippen LogP contribution in [0.2, 0.25) is 0 Å². The molecule has 0 atom stereocenters. The van der Waals surface area contributed by atoms with Crippen molar-refractivity contribution in [2.75, 3.05) is 5.32 Å². The maximum absolute atomic E-state index is 13.3. The van der Waals surface area contributed by atoms with Gasteiger partial charge in [0.2, 0.25) is 0 Å². The normalized spacial score (nSPS) is 12.9. The number of carbonyl (C=O) groups is 1. The van der Waals surface area contributed by atoms with Gasteiger partial charge in [-0.1, -0.05) is 46.3 Å². The number of nitrogens with zero attached hydrogens (tertiary/aromatic N) is 1. The zero-order chi connectivity index (χ0) is 25.8. The predicted octanol–water partition coefficient (Wildman–Crippen LogP) is 9.50. The van der Waals surface area contributed by atoms with Gasteiger partial charge in [-0.2, -0.15) is 0 Å². The summed E-state index contributed by atoms with van der Waals surface area (Å²) in [5.74, 6) is 0.631. The van der Waals surface area contributed by atoms with E-state index in [1.54, 1.807) is 11.3 Å². The average Bonchev–Trinajstić information content (AvgIpc) is 3.27. The minimum absolute atomic E-state index is 0.100. The number of rotatable bonds is 7. The number of nitrogens with one attached hydrogen (secondary N) is 1. The number of anilines is 1. The minimum atomic E-state index is -0.100. The highest BCUT2D eigenvalue weighted by molar-refractivity contribution is 9.11. The summed E-state index contributed by atoms with van der Waals surface area (Å²) in [6.07, 6.45) is 5.98. The van der Waals surface area contributed by atoms with E-state index in [9.17, 15) is 4.79 Å². The quantitative estimate of drug-likeness (QED) is 0.195. The molecule has 1 heterocycles. The van der Waals surface area contributed by atoms with Gasteiger partial charge < -0.3 is 10.1 Å². The highest BCUT2D eigenvalue weighted by Crippen LogP contribution is 2.41. The monoisotopic (exact) mass is 700 g/mol. The molecule has 5 rings (SSSR count). The molecule has 0 unspecified atom stereocenters. The molecule has 3 aromatic carbocycles. The second-order valence-electron chi connectivity index (χ2n) is 8.70. The SMILES string of the molecule is O=C(Nc1ccccc1)c1c(N=Cc2cc(Br)c(OCc3ccc(Br)cc3)c(Br)c2)sc2c1CCCC2. The van der Waals surface area contributed by atoms with E-state index in [1.807, 2.05) is 72.9 Å². The summed E-state index contributed by atoms with van der Waals surface area (Å²) in [6, 6.07) is 21.6. The summed E-state index contributed by atoms with van der Waals surface area (Å²) in [5, 5.41) is 3.80. The van der Waals surface area contributed by atoms with Crippen molar-refractivity contribution in [2.45, 2.75) is 32.3 Å². The summed E-state index contributed by atoms with van der Waals surface area (Å²) in [6.45, 7) is 0.457. The molecule has 0 spiro atoms. The Kier molecular flexibility index (Phi) is 8.60. The van der Waals surface area contributed by atoms with Gasteiger partial charge in [-0.25, -0.2) is 4.99 Å². The molecule has 0 fully saturated rings. The number of thiophene rings is 1. The number of carbonyl (C=O) groups excluding carboxylic acids is 1. The third-order valence-corrected chi connectivity index (χ3v) is 8.97. The Morgan fingerprint density at radius 3 is 2.41 bits per heavy atom. The first-order valence-electron chi connectivity index (χ1n) is 11.9. The molecule has 0 saturated heterocycles. The van der Waals surface area contributed by atoms with Crippen LogP contribution in [0.15, 0.2) is 85.1 Å². The van der Waals surface area contributed by atoms with Crippen molar-refractivity contribution >= 4 is 81.9 Å². The van der Waals surface area contributed by atoms with E-state index in [2.05, 4.69) is 53.1 Å². The number of aliphatic imine (C=N–C) groups is 1. The second-order valence-corrected chi connectivity index (χ2v) is 12.4. The predicted molar refractivity (Wildman–Crippen MR) is 163 cm³/mol. The molecule has 1 aromatic heterocycles. The number of para-hydroxylation sites is 1. The van der Waals surface area contributed by atoms with Crippen LogP contribution in [-0.2, 0) is 19.4 Å². The van der Waals surface area contributed by atoms with Gasteiger partial charge in [0.25, 0.3) is 5.91 Å². The highest BCUT2D eigenvalue weighted by atomic mass is 79.9. The topological polar surface area (TPSA) is 50.7 Å². The lowest BCUT2D eigenvalue weighted by Crippen LogP contribution is -2.14. The van der Waals surface area contributed by atoms with Crippen LogP contribution in [0.25, 0.3) is 0 Å². The zero-order valence-corrected chi connectivity index (χ0v) is 25.3. The molecule has 0 radical (unpaired) electrons. The van der Waals surface area contributed by atoms with E-state index in [1.165, 1.54) is 4.88 Å². The lowest BCUT2D eigenvalue weighted by molar-refractivity contribution is 0.102. The number of ether oxygens (including phenoxy) is 1. The van der Waals surface area contributed by atoms with Gasteiger partial charge in [-0.05, 0) is 111 Å². The van der Waals surface area contributed by atoms with Gasteiger partial charge in [0.1, 0.15) is 17.4 Å². The van der Waals surface area contributed by atoms with Crippen molar-refractivity contribution in [3.8, 4) is 5.75 Å². The van der Waals surface area contributed by atoms with Crippen LogP contribution in [0.5, 0.6) is 5.75 Å². The number of fused-ring (bicyclic) bond motifs is 1. The largest absolute Gasteiger partial charge is 0.487 e. The molecule has 4 nitrogen and oxygen atoms in total. The fourth-order valence-electron chi connectivity index (χ4n) is 4.25. The molecule has 1 aliphatic rings. The Balaban J connectivity index is 1.38. The summed E-state index contributed by atoms with van der Waals surface area (Å²) < 4.78 is 8.76. The van der Waals surface area contributed by atoms with Gasteiger partial charge in [0.05, 0.1) is 14.5 Å². The second kappa shape index (κ2) is 12.1. The van der Waals surface area contributed by atoms with Crippen molar-refractivity contribution in [1.82, 2.24) is 0 Å². The number of hydrogen-bond acceptors (Lipinski definition) is 4. The van der Waals surface area contributed by atoms with Gasteiger partial charge in [-0.15, -0.1) is 11.3 Å². The Bertz CT molecular complexity index is 1430. The van der Waals surface area contributed by atoms with Crippen molar-refractivity contribution in [3.63, 3.8) is 0 Å². The molecule has 1 aliphatic carbocycles. The van der Waals surface area contributed by atoms with E-state index < -0.39 is 0 Å². The van der Waals surface area contributed by atoms with Crippen LogP contribution in [0.3, 0.4) is 0 Å². The maximum atomic E-state index is 13.3. The smallest absolute Gasteiger partial charge is 0.259 e. The summed E-state index contributed by atoms with van der Waals surface area (Å²) in [5.41, 5.74) is 4.61. The number of amides is 1. The first-order valence-corrected chi connectivity index (χ1v) is 15.1. The first kappa shape index (κ1) is 26.4. The fraction of sp³-hybridized carbons (Fsp3) is 0.172. The molecule has 4 aromatic rings. The van der Waals surface area contributed by atoms with E-state index in [-0.39, 0.29) is 5.91 Å². The van der Waals surface area contributed by atoms with Crippen molar-refractivity contribution in [1.29, 1.82) is 0 Å². The number of halogens is 3. The molecular formula is C29H23Br3N2O2S. The maximum Gasteiger partial charge on any atom is 0.259 e. The molecule has 37 heavy (non-hydrogen) atoms. The van der Waals surface area contributed by atoms with Crippen LogP contribution in [-0.4, -0.2) is 12.1 Å². The average molecular weight is 703 g/mol. The van der Waals surface area contributed by atoms with Crippen LogP contribution < -0.4 is 10.1 Å². The zero-order valence-electron chi connectivity index (χ0n) is 19.8. The molecule has 0 bridgehead atoms. The van der Waals surface area contributed by atoms with Gasteiger partial charge in [0, 0.05) is 21.3 Å². The molecule has 1 amide bonds. The van der Waals surface area contributed by atoms with Gasteiger partial charge in [-0.3, -0.25) is 4.79 Å². The molecular weight excluding hydrogens is 680 g/mol. The number of benzene rings is 3. The van der Waals surface area contributed by atoms with E-state index in [0.29, 0.717) is 12.2 Å². The minimum Gasteiger partial charge on any atom is -0.487 e. The fourth-order valence-corrected chi connectivity index (χ4v) is 7.20. The molecule has 0 saturated carbocycles. The third-order valence-electron chi connectivity index (χ3n) is 6.06. The summed E-state index contributed by atoms with van der Waals surface area (Å²) in [4.78, 5) is 19.4. The molecule has 0 aliphatic heterocycles. The van der Waals surface area contributed by atoms with Gasteiger partial charge in [0.15, 0.2) is 0 Å². The van der Waals surface area contributed by atoms with E-state index >= 15 is 0 Å². The molecule has 188 valence electrons. The summed E-state index contributed by atoms with van der Waals surface area (Å²) >= 11 is 12.4. The van der Waals surface area contributed by atoms with Crippen LogP contribution >= 0.6 is 59.1 Å². The lowest BCUT2D eigenvalue weighted by Gasteiger charge is -2.13. The number of aryl methyl sites for hydroxylation is 1. The Hall–Kier alpha value is -2.26. The van der Waals surface area contributed by atoms with Crippen molar-refractivity contribution in [3.05, 3.63) is 107 Å². The van der Waals surface area contributed by atoms with Crippen LogP contribution in [0.1, 0.15) is 44.8 Å². The lowest BCUT2D eigenvalue weighted by atomic mass is 9.95. The third kappa shape index (κ3) is 6.42.